The molecule has 0 atom stereocenters. The second kappa shape index (κ2) is 8.80. The van der Waals surface area contributed by atoms with Gasteiger partial charge in [-0.2, -0.15) is 0 Å². The Labute approximate surface area is 178 Å². The Kier molecular flexibility index (Phi) is 7.12. The van der Waals surface area contributed by atoms with Crippen molar-refractivity contribution in [2.45, 2.75) is 44.8 Å². The van der Waals surface area contributed by atoms with Gasteiger partial charge in [-0.15, -0.1) is 0 Å². The van der Waals surface area contributed by atoms with E-state index in [1.807, 2.05) is 74.6 Å². The first-order chi connectivity index (χ1) is 12.9. The molecule has 6 heteroatoms. The van der Waals surface area contributed by atoms with Gasteiger partial charge in [0, 0.05) is 35.5 Å². The van der Waals surface area contributed by atoms with Crippen LogP contribution in [0.1, 0.15) is 36.2 Å². The van der Waals surface area contributed by atoms with Crippen LogP contribution in [-0.2, 0) is 6.42 Å². The molecule has 1 amide bonds. The maximum Gasteiger partial charge on any atom is 0.255 e. The number of benzene rings is 2. The minimum atomic E-state index is -2.28. The van der Waals surface area contributed by atoms with Crippen LogP contribution in [0.4, 0.5) is 11.4 Å². The summed E-state index contributed by atoms with van der Waals surface area (Å²) in [6, 6.07) is 13.4. The number of nitrogens with one attached hydrogen (secondary N) is 1. The van der Waals surface area contributed by atoms with Crippen molar-refractivity contribution >= 4 is 41.5 Å². The number of halogens is 1. The van der Waals surface area contributed by atoms with Crippen molar-refractivity contribution < 1.29 is 9.59 Å². The minimum absolute atomic E-state index is 0.119. The zero-order valence-electron chi connectivity index (χ0n) is 17.6. The Balaban J connectivity index is 2.20. The van der Waals surface area contributed by atoms with Crippen LogP contribution >= 0.6 is 15.9 Å². The molecule has 0 aliphatic heterocycles. The van der Waals surface area contributed by atoms with Crippen molar-refractivity contribution in [3.8, 4) is 0 Å². The molecule has 0 unspecified atom stereocenters. The number of anilines is 2. The summed E-state index contributed by atoms with van der Waals surface area (Å²) in [5, 5.41) is 2.94. The Morgan fingerprint density at radius 3 is 2.29 bits per heavy atom. The van der Waals surface area contributed by atoms with Gasteiger partial charge in [-0.1, -0.05) is 35.8 Å². The van der Waals surface area contributed by atoms with Crippen LogP contribution in [0.15, 0.2) is 46.9 Å². The second-order valence-electron chi connectivity index (χ2n) is 8.60. The van der Waals surface area contributed by atoms with Gasteiger partial charge in [0.2, 0.25) is 0 Å². The number of hydrogen-bond acceptors (Lipinski definition) is 3. The van der Waals surface area contributed by atoms with Crippen molar-refractivity contribution in [3.63, 3.8) is 0 Å². The van der Waals surface area contributed by atoms with Crippen LogP contribution in [0, 0.1) is 0 Å². The molecule has 0 saturated heterocycles. The number of amides is 1. The SMILES string of the molecule is CN(C)c1ccc(C(=O)Nc2cccc(Br)c2CCC(C)(C)[Si](C)(C)O)cc1. The Morgan fingerprint density at radius 2 is 1.75 bits per heavy atom. The second-order valence-corrected chi connectivity index (χ2v) is 13.9. The highest BCUT2D eigenvalue weighted by Crippen LogP contribution is 2.41. The molecular formula is C22H31BrN2O2Si. The van der Waals surface area contributed by atoms with Crippen molar-refractivity contribution in [1.29, 1.82) is 0 Å². The number of hydrogen-bond donors (Lipinski definition) is 2. The van der Waals surface area contributed by atoms with Gasteiger partial charge >= 0.3 is 0 Å². The van der Waals surface area contributed by atoms with Crippen LogP contribution in [0.5, 0.6) is 0 Å². The molecule has 0 heterocycles. The Morgan fingerprint density at radius 1 is 1.14 bits per heavy atom. The van der Waals surface area contributed by atoms with Gasteiger partial charge in [-0.25, -0.2) is 0 Å². The smallest absolute Gasteiger partial charge is 0.255 e. The van der Waals surface area contributed by atoms with E-state index in [1.54, 1.807) is 0 Å². The lowest BCUT2D eigenvalue weighted by atomic mass is 10.00. The third-order valence-corrected chi connectivity index (χ3v) is 9.97. The fourth-order valence-corrected chi connectivity index (χ4v) is 4.08. The highest BCUT2D eigenvalue weighted by atomic mass is 79.9. The zero-order valence-corrected chi connectivity index (χ0v) is 20.2. The highest BCUT2D eigenvalue weighted by Gasteiger charge is 2.37. The number of carbonyl (C=O) groups excluding carboxylic acids is 1. The molecule has 152 valence electrons. The van der Waals surface area contributed by atoms with E-state index in [4.69, 9.17) is 0 Å². The quantitative estimate of drug-likeness (QED) is 0.520. The summed E-state index contributed by atoms with van der Waals surface area (Å²) < 4.78 is 0.974. The summed E-state index contributed by atoms with van der Waals surface area (Å²) >= 11 is 3.63. The lowest BCUT2D eigenvalue weighted by Gasteiger charge is -2.35. The topological polar surface area (TPSA) is 52.6 Å². The van der Waals surface area contributed by atoms with Gasteiger partial charge in [0.15, 0.2) is 8.32 Å². The summed E-state index contributed by atoms with van der Waals surface area (Å²) in [4.78, 5) is 25.3. The fraction of sp³-hybridized carbons (Fsp3) is 0.409. The summed E-state index contributed by atoms with van der Waals surface area (Å²) in [6.07, 6.45) is 1.63. The lowest BCUT2D eigenvalue weighted by molar-refractivity contribution is 0.102. The molecule has 0 spiro atoms. The van der Waals surface area contributed by atoms with Crippen molar-refractivity contribution in [3.05, 3.63) is 58.1 Å². The molecule has 0 fully saturated rings. The first-order valence-corrected chi connectivity index (χ1v) is 13.2. The molecule has 0 bridgehead atoms. The third kappa shape index (κ3) is 5.46. The van der Waals surface area contributed by atoms with Crippen LogP contribution in [0.2, 0.25) is 18.1 Å². The molecule has 0 aliphatic carbocycles. The molecule has 0 aliphatic rings. The van der Waals surface area contributed by atoms with E-state index >= 15 is 0 Å². The predicted molar refractivity (Wildman–Crippen MR) is 125 cm³/mol. The highest BCUT2D eigenvalue weighted by molar-refractivity contribution is 9.10. The van der Waals surface area contributed by atoms with E-state index in [0.717, 1.165) is 34.3 Å². The summed E-state index contributed by atoms with van der Waals surface area (Å²) in [5.74, 6) is -0.124. The summed E-state index contributed by atoms with van der Waals surface area (Å²) in [6.45, 7) is 8.21. The Hall–Kier alpha value is -1.63. The Bertz CT molecular complexity index is 827. The first-order valence-electron chi connectivity index (χ1n) is 9.51. The first kappa shape index (κ1) is 22.7. The van der Waals surface area contributed by atoms with Gasteiger partial charge in [0.05, 0.1) is 0 Å². The standard InChI is InChI=1S/C22H31BrN2O2Si/c1-22(2,28(5,6)27)15-14-18-19(23)8-7-9-20(18)24-21(26)16-10-12-17(13-11-16)25(3)4/h7-13,27H,14-15H2,1-6H3,(H,24,26). The fourth-order valence-electron chi connectivity index (χ4n) is 2.78. The van der Waals surface area contributed by atoms with E-state index < -0.39 is 8.32 Å². The normalized spacial score (nSPS) is 12.0. The molecule has 2 rings (SSSR count). The average Bonchev–Trinajstić information content (AvgIpc) is 2.60. The van der Waals surface area contributed by atoms with Gasteiger partial charge in [0.25, 0.3) is 5.91 Å². The van der Waals surface area contributed by atoms with E-state index in [1.165, 1.54) is 0 Å². The van der Waals surface area contributed by atoms with Crippen LogP contribution < -0.4 is 10.2 Å². The summed E-state index contributed by atoms with van der Waals surface area (Å²) in [5.41, 5.74) is 3.55. The molecular weight excluding hydrogens is 432 g/mol. The van der Waals surface area contributed by atoms with E-state index in [2.05, 4.69) is 35.1 Å². The number of nitrogens with zero attached hydrogens (tertiary/aromatic N) is 1. The minimum Gasteiger partial charge on any atom is -0.432 e. The number of rotatable bonds is 7. The molecule has 2 aromatic carbocycles. The maximum atomic E-state index is 12.7. The molecule has 0 radical (unpaired) electrons. The molecule has 4 nitrogen and oxygen atoms in total. The monoisotopic (exact) mass is 462 g/mol. The summed E-state index contributed by atoms with van der Waals surface area (Å²) in [7, 11) is 1.67. The largest absolute Gasteiger partial charge is 0.432 e. The van der Waals surface area contributed by atoms with Crippen molar-refractivity contribution in [1.82, 2.24) is 0 Å². The van der Waals surface area contributed by atoms with E-state index in [0.29, 0.717) is 5.56 Å². The van der Waals surface area contributed by atoms with Crippen LogP contribution in [-0.4, -0.2) is 33.1 Å². The van der Waals surface area contributed by atoms with Crippen molar-refractivity contribution in [2.24, 2.45) is 0 Å². The average molecular weight is 463 g/mol. The predicted octanol–water partition coefficient (Wildman–Crippen LogP) is 5.68. The third-order valence-electron chi connectivity index (χ3n) is 5.67. The van der Waals surface area contributed by atoms with E-state index in [-0.39, 0.29) is 10.9 Å². The lowest BCUT2D eigenvalue weighted by Crippen LogP contribution is -2.39. The molecule has 28 heavy (non-hydrogen) atoms. The molecule has 0 saturated carbocycles. The van der Waals surface area contributed by atoms with Gasteiger partial charge in [0.1, 0.15) is 0 Å². The van der Waals surface area contributed by atoms with Gasteiger partial charge < -0.3 is 15.0 Å². The van der Waals surface area contributed by atoms with Crippen LogP contribution in [0.3, 0.4) is 0 Å². The number of carbonyl (C=O) groups is 1. The maximum absolute atomic E-state index is 12.7. The zero-order chi connectivity index (χ0) is 21.1. The van der Waals surface area contributed by atoms with Crippen molar-refractivity contribution in [2.75, 3.05) is 24.3 Å². The van der Waals surface area contributed by atoms with E-state index in [9.17, 15) is 9.59 Å². The molecule has 0 aromatic heterocycles. The van der Waals surface area contributed by atoms with Gasteiger partial charge in [-0.3, -0.25) is 4.79 Å². The van der Waals surface area contributed by atoms with Crippen LogP contribution in [0.25, 0.3) is 0 Å². The molecule has 2 aromatic rings. The van der Waals surface area contributed by atoms with Gasteiger partial charge in [-0.05, 0) is 72.9 Å². The molecule has 2 N–H and O–H groups in total.